The zero-order chi connectivity index (χ0) is 20.5. The Morgan fingerprint density at radius 1 is 1.17 bits per heavy atom. The quantitative estimate of drug-likeness (QED) is 0.625. The van der Waals surface area contributed by atoms with Gasteiger partial charge in [0.25, 0.3) is 0 Å². The number of anilines is 1. The Balaban J connectivity index is 1.64. The van der Waals surface area contributed by atoms with Gasteiger partial charge in [0.15, 0.2) is 11.6 Å². The number of nitrogen functional groups attached to an aromatic ring is 1. The number of rotatable bonds is 4. The van der Waals surface area contributed by atoms with Gasteiger partial charge in [-0.15, -0.1) is 0 Å². The highest BCUT2D eigenvalue weighted by molar-refractivity contribution is 5.67. The maximum absolute atomic E-state index is 14.0. The number of nitrogens with zero attached hydrogens (tertiary/aromatic N) is 2. The molecule has 4 N–H and O–H groups in total. The lowest BCUT2D eigenvalue weighted by Gasteiger charge is -2.22. The molecule has 4 rings (SSSR count). The molecule has 1 aliphatic heterocycles. The van der Waals surface area contributed by atoms with Crippen molar-refractivity contribution in [1.82, 2.24) is 15.3 Å². The smallest absolute Gasteiger partial charge is 0.166 e. The third kappa shape index (κ3) is 3.90. The first kappa shape index (κ1) is 19.2. The number of ether oxygens (including phenoxy) is 1. The average Bonchev–Trinajstić information content (AvgIpc) is 2.71. The van der Waals surface area contributed by atoms with E-state index in [1.807, 2.05) is 6.07 Å². The predicted molar refractivity (Wildman–Crippen MR) is 104 cm³/mol. The number of halogens is 2. The third-order valence-corrected chi connectivity index (χ3v) is 4.89. The van der Waals surface area contributed by atoms with Gasteiger partial charge in [0, 0.05) is 42.2 Å². The molecule has 0 amide bonds. The zero-order valence-electron chi connectivity index (χ0n) is 15.7. The van der Waals surface area contributed by atoms with Crippen molar-refractivity contribution in [1.29, 1.82) is 0 Å². The molecule has 0 saturated carbocycles. The second-order valence-electron chi connectivity index (χ2n) is 6.95. The van der Waals surface area contributed by atoms with Crippen LogP contribution in [0.3, 0.4) is 0 Å². The minimum Gasteiger partial charge on any atom is -0.482 e. The first-order valence-corrected chi connectivity index (χ1v) is 9.17. The molecule has 2 unspecified atom stereocenters. The lowest BCUT2D eigenvalue weighted by Crippen LogP contribution is -2.28. The minimum atomic E-state index is -0.772. The molecule has 0 fully saturated rings. The molecule has 8 heteroatoms. The molecule has 0 spiro atoms. The lowest BCUT2D eigenvalue weighted by molar-refractivity contribution is 0.160. The van der Waals surface area contributed by atoms with Gasteiger partial charge in [0.05, 0.1) is 5.69 Å². The van der Waals surface area contributed by atoms with Gasteiger partial charge in [-0.1, -0.05) is 0 Å². The van der Waals surface area contributed by atoms with E-state index in [2.05, 4.69) is 15.3 Å². The van der Waals surface area contributed by atoms with Crippen LogP contribution in [0, 0.1) is 11.6 Å². The van der Waals surface area contributed by atoms with Crippen molar-refractivity contribution in [3.8, 4) is 16.9 Å². The highest BCUT2D eigenvalue weighted by Gasteiger charge is 2.20. The van der Waals surface area contributed by atoms with Crippen LogP contribution in [0.2, 0.25) is 0 Å². The predicted octanol–water partition coefficient (Wildman–Crippen LogP) is 3.28. The fourth-order valence-electron chi connectivity index (χ4n) is 3.35. The van der Waals surface area contributed by atoms with Crippen LogP contribution in [0.4, 0.5) is 14.6 Å². The van der Waals surface area contributed by atoms with Gasteiger partial charge in [-0.25, -0.2) is 13.8 Å². The second-order valence-corrected chi connectivity index (χ2v) is 6.95. The van der Waals surface area contributed by atoms with E-state index in [0.29, 0.717) is 24.3 Å². The average molecular weight is 398 g/mol. The Morgan fingerprint density at radius 3 is 2.76 bits per heavy atom. The number of hydrogen-bond acceptors (Lipinski definition) is 6. The standard InChI is InChI=1S/C21H20F2N4O2/c1-11(16-6-15(22)2-3-17(16)23)29-19-5-13(9-27-21(19)24)12-4-14-7-25-10-18(28)20(14)26-8-12/h2-6,8-9,11,18,25,28H,7,10H2,1H3,(H2,24,27). The monoisotopic (exact) mass is 398 g/mol. The summed E-state index contributed by atoms with van der Waals surface area (Å²) >= 11 is 0. The van der Waals surface area contributed by atoms with Crippen LogP contribution in [0.1, 0.15) is 36.0 Å². The lowest BCUT2D eigenvalue weighted by atomic mass is 10.0. The molecule has 0 radical (unpaired) electrons. The van der Waals surface area contributed by atoms with Gasteiger partial charge in [-0.2, -0.15) is 0 Å². The summed E-state index contributed by atoms with van der Waals surface area (Å²) < 4.78 is 33.3. The van der Waals surface area contributed by atoms with Crippen LogP contribution in [-0.4, -0.2) is 21.6 Å². The molecule has 6 nitrogen and oxygen atoms in total. The van der Waals surface area contributed by atoms with Crippen LogP contribution < -0.4 is 15.8 Å². The van der Waals surface area contributed by atoms with Gasteiger partial charge >= 0.3 is 0 Å². The number of nitrogens with two attached hydrogens (primary N) is 1. The van der Waals surface area contributed by atoms with Crippen molar-refractivity contribution < 1.29 is 18.6 Å². The fourth-order valence-corrected chi connectivity index (χ4v) is 3.35. The summed E-state index contributed by atoms with van der Waals surface area (Å²) in [5.74, 6) is -0.714. The molecule has 150 valence electrons. The Hall–Kier alpha value is -3.10. The van der Waals surface area contributed by atoms with Crippen LogP contribution in [-0.2, 0) is 6.54 Å². The summed E-state index contributed by atoms with van der Waals surface area (Å²) in [6, 6.07) is 6.82. The van der Waals surface area contributed by atoms with Crippen molar-refractivity contribution in [3.63, 3.8) is 0 Å². The Morgan fingerprint density at radius 2 is 1.93 bits per heavy atom. The topological polar surface area (TPSA) is 93.3 Å². The summed E-state index contributed by atoms with van der Waals surface area (Å²) in [6.45, 7) is 2.68. The summed E-state index contributed by atoms with van der Waals surface area (Å²) in [5.41, 5.74) is 9.05. The van der Waals surface area contributed by atoms with Gasteiger partial charge in [-0.3, -0.25) is 4.98 Å². The maximum Gasteiger partial charge on any atom is 0.166 e. The Kier molecular flexibility index (Phi) is 5.12. The normalized spacial score (nSPS) is 16.9. The number of aliphatic hydroxyl groups is 1. The third-order valence-electron chi connectivity index (χ3n) is 4.89. The number of aliphatic hydroxyl groups excluding tert-OH is 1. The molecule has 2 aromatic heterocycles. The molecule has 0 bridgehead atoms. The highest BCUT2D eigenvalue weighted by Crippen LogP contribution is 2.32. The number of benzene rings is 1. The Labute approximate surface area is 166 Å². The van der Waals surface area contributed by atoms with Gasteiger partial charge < -0.3 is 20.9 Å². The van der Waals surface area contributed by atoms with E-state index < -0.39 is 23.8 Å². The maximum atomic E-state index is 14.0. The number of pyridine rings is 2. The first-order chi connectivity index (χ1) is 13.9. The summed E-state index contributed by atoms with van der Waals surface area (Å²) in [6.07, 6.45) is 1.83. The minimum absolute atomic E-state index is 0.0883. The van der Waals surface area contributed by atoms with Crippen molar-refractivity contribution in [2.24, 2.45) is 0 Å². The van der Waals surface area contributed by atoms with E-state index >= 15 is 0 Å². The molecule has 3 aromatic rings. The van der Waals surface area contributed by atoms with E-state index in [0.717, 1.165) is 29.3 Å². The number of aromatic nitrogens is 2. The number of nitrogens with one attached hydrogen (secondary N) is 1. The molecular formula is C21H20F2N4O2. The van der Waals surface area contributed by atoms with E-state index in [9.17, 15) is 13.9 Å². The number of hydrogen-bond donors (Lipinski definition) is 3. The van der Waals surface area contributed by atoms with E-state index in [1.165, 1.54) is 0 Å². The van der Waals surface area contributed by atoms with Crippen LogP contribution in [0.25, 0.3) is 11.1 Å². The fraction of sp³-hybridized carbons (Fsp3) is 0.238. The van der Waals surface area contributed by atoms with Crippen molar-refractivity contribution in [2.45, 2.75) is 25.7 Å². The molecule has 1 aromatic carbocycles. The number of fused-ring (bicyclic) bond motifs is 1. The Bertz CT molecular complexity index is 1060. The molecule has 2 atom stereocenters. The van der Waals surface area contributed by atoms with Crippen molar-refractivity contribution >= 4 is 5.82 Å². The van der Waals surface area contributed by atoms with E-state index in [-0.39, 0.29) is 17.1 Å². The largest absolute Gasteiger partial charge is 0.482 e. The zero-order valence-corrected chi connectivity index (χ0v) is 15.7. The molecular weight excluding hydrogens is 378 g/mol. The van der Waals surface area contributed by atoms with E-state index in [1.54, 1.807) is 25.4 Å². The summed E-state index contributed by atoms with van der Waals surface area (Å²) in [7, 11) is 0. The van der Waals surface area contributed by atoms with Crippen molar-refractivity contribution in [3.05, 3.63) is 71.2 Å². The SMILES string of the molecule is CC(Oc1cc(-c2cnc3c(c2)CNCC3O)cnc1N)c1cc(F)ccc1F. The molecule has 0 aliphatic carbocycles. The molecule has 29 heavy (non-hydrogen) atoms. The number of β-amino-alcohol motifs (C(OH)–C–C–N with tert-alkyl or cyclic N) is 1. The van der Waals surface area contributed by atoms with Crippen molar-refractivity contribution in [2.75, 3.05) is 12.3 Å². The summed E-state index contributed by atoms with van der Waals surface area (Å²) in [5, 5.41) is 13.1. The van der Waals surface area contributed by atoms with Crippen LogP contribution in [0.15, 0.2) is 42.7 Å². The highest BCUT2D eigenvalue weighted by atomic mass is 19.1. The molecule has 3 heterocycles. The van der Waals surface area contributed by atoms with Gasteiger partial charge in [0.1, 0.15) is 23.8 Å². The van der Waals surface area contributed by atoms with Gasteiger partial charge in [0.2, 0.25) is 0 Å². The van der Waals surface area contributed by atoms with Crippen LogP contribution >= 0.6 is 0 Å². The molecule has 0 saturated heterocycles. The second kappa shape index (κ2) is 7.73. The summed E-state index contributed by atoms with van der Waals surface area (Å²) in [4.78, 5) is 8.54. The van der Waals surface area contributed by atoms with E-state index in [4.69, 9.17) is 10.5 Å². The first-order valence-electron chi connectivity index (χ1n) is 9.17. The van der Waals surface area contributed by atoms with Gasteiger partial charge in [-0.05, 0) is 42.8 Å². The van der Waals surface area contributed by atoms with Crippen LogP contribution in [0.5, 0.6) is 5.75 Å². The molecule has 1 aliphatic rings.